The van der Waals surface area contributed by atoms with Gasteiger partial charge in [0.25, 0.3) is 11.1 Å². The van der Waals surface area contributed by atoms with E-state index in [4.69, 9.17) is 38.4 Å². The van der Waals surface area contributed by atoms with Crippen LogP contribution in [0.4, 0.5) is 0 Å². The average Bonchev–Trinajstić information content (AvgIpc) is 1.51. The van der Waals surface area contributed by atoms with Gasteiger partial charge in [0.1, 0.15) is 49.4 Å². The summed E-state index contributed by atoms with van der Waals surface area (Å²) < 4.78 is 36.6. The number of hydrogen-bond acceptors (Lipinski definition) is 26. The standard InChI is InChI=1S/2C42H49N3O11S2.C6H12/c1-4-25(40(51)52)22-57-34-10-11-35(34)58-23-28(17-29(47)13-15-54-14-12-24(3)46)38(49)43-19-36(48)56-42(5-2)31-18-33-37-27(16-26-8-6-7-9-32(26)44-37)20-45(33)39(50)30(31)21-55-41(42)53;1-4-25(22-57-34-10-11-35(34)58-23-28(40(51)52)17-29(47)13-15-54-14-12-24(3)46)38(49)43-19-36(48)56-42(5-2)31-18-33-37-27(16-26-8-6-7-9-32(26)44-37)20-45(33)39(50)30(31)21-55-41(42)53;1-5-3-4-6(5)2/h2*6-9,16,18,25,28,34-35H,4-5,10-15,17,19-23H2,1-3H3,(H,43,49)(H,51,52);5-6H,3-4H2,1-2H3/t2*25?,28?,34?,35?,42-;/m00./s1. The third-order valence-electron chi connectivity index (χ3n) is 24.2. The maximum Gasteiger partial charge on any atom is 0.355 e. The number of ether oxygens (including phenoxy) is 6. The predicted molar refractivity (Wildman–Crippen MR) is 464 cm³/mol. The zero-order chi connectivity index (χ0) is 87.7. The number of nitrogens with one attached hydrogen (secondary N) is 2. The number of para-hydroxylation sites is 2. The first-order valence-corrected chi connectivity index (χ1v) is 46.4. The fourth-order valence-electron chi connectivity index (χ4n) is 15.6. The highest BCUT2D eigenvalue weighted by atomic mass is 32.2. The Balaban J connectivity index is 0.000000222. The molecule has 4 aromatic heterocycles. The van der Waals surface area contributed by atoms with E-state index in [0.717, 1.165) is 70.5 Å². The molecule has 0 bridgehead atoms. The SMILES string of the molecule is CC1CCC1C.CCC(CSC1CCC1SCC(CC(=O)CCOCCC(C)=O)C(=O)NCC(=O)O[C@]1(CC)C(=O)OCc2c1cc1n(c2=O)Cc2cc3ccccc3nc2-1)C(=O)O.CCC(CSC1CCC1SCC(CC(=O)CCOCCC(C)=O)C(=O)O)C(=O)NCC(=O)O[C@]1(CC)C(=O)OCc2c1cc1n(c2=O)Cc2cc3ccccc3nc2-1. The van der Waals surface area contributed by atoms with Crippen molar-refractivity contribution in [2.45, 2.75) is 217 Å². The molecule has 4 N–H and O–H groups in total. The minimum absolute atomic E-state index is 0.00132. The first-order chi connectivity index (χ1) is 58.5. The minimum atomic E-state index is -1.95. The van der Waals surface area contributed by atoms with Crippen molar-refractivity contribution < 1.29 is 96.2 Å². The van der Waals surface area contributed by atoms with Crippen LogP contribution in [0, 0.1) is 35.5 Å². The molecule has 10 unspecified atom stereocenters. The summed E-state index contributed by atoms with van der Waals surface area (Å²) in [6.07, 6.45) is 8.06. The minimum Gasteiger partial charge on any atom is -0.481 e. The second-order valence-corrected chi connectivity index (χ2v) is 37.6. The molecule has 12 atom stereocenters. The fraction of sp³-hybridized carbons (Fsp3) is 0.556. The number of pyridine rings is 4. The van der Waals surface area contributed by atoms with E-state index in [1.54, 1.807) is 70.4 Å². The summed E-state index contributed by atoms with van der Waals surface area (Å²) >= 11 is 6.35. The largest absolute Gasteiger partial charge is 0.481 e. The molecule has 3 aliphatic carbocycles. The number of cyclic esters (lactones) is 2. The number of nitrogens with zero attached hydrogens (tertiary/aromatic N) is 4. The number of fused-ring (bicyclic) bond motifs is 10. The Hall–Kier alpha value is -9.08. The van der Waals surface area contributed by atoms with E-state index in [-0.39, 0.29) is 187 Å². The summed E-state index contributed by atoms with van der Waals surface area (Å²) in [5.41, 5.74) is 1.77. The number of amides is 2. The molecule has 28 nitrogen and oxygen atoms in total. The summed E-state index contributed by atoms with van der Waals surface area (Å²) in [6.45, 7) is 14.2. The van der Waals surface area contributed by atoms with E-state index in [0.29, 0.717) is 59.4 Å². The van der Waals surface area contributed by atoms with Crippen LogP contribution in [-0.2, 0) is 123 Å². The van der Waals surface area contributed by atoms with Gasteiger partial charge in [0.2, 0.25) is 23.0 Å². The molecule has 3 saturated carbocycles. The molecule has 0 radical (unpaired) electrons. The van der Waals surface area contributed by atoms with Crippen LogP contribution in [0.1, 0.15) is 192 Å². The van der Waals surface area contributed by atoms with Crippen LogP contribution in [0.15, 0.2) is 82.4 Å². The maximum atomic E-state index is 13.9. The van der Waals surface area contributed by atoms with Crippen molar-refractivity contribution in [1.29, 1.82) is 0 Å². The Kier molecular flexibility index (Phi) is 33.0. The molecule has 6 aromatic rings. The highest BCUT2D eigenvalue weighted by molar-refractivity contribution is 8.04. The van der Waals surface area contributed by atoms with Gasteiger partial charge in [-0.3, -0.25) is 57.5 Å². The molecular formula is C90H110N6O22S4. The Bertz CT molecular complexity index is 5060. The number of carbonyl (C=O) groups excluding carboxylic acids is 10. The Morgan fingerprint density at radius 3 is 1.24 bits per heavy atom. The smallest absolute Gasteiger partial charge is 0.355 e. The maximum absolute atomic E-state index is 13.9. The number of aliphatic carboxylic acids is 2. The van der Waals surface area contributed by atoms with Gasteiger partial charge in [-0.25, -0.2) is 19.6 Å². The number of carboxylic acid groups (broad SMARTS) is 2. The molecule has 13 rings (SSSR count). The summed E-state index contributed by atoms with van der Waals surface area (Å²) in [7, 11) is 0. The lowest BCUT2D eigenvalue weighted by atomic mass is 9.77. The normalized spacial score (nSPS) is 21.4. The van der Waals surface area contributed by atoms with Crippen LogP contribution in [0.5, 0.6) is 0 Å². The van der Waals surface area contributed by atoms with E-state index in [9.17, 15) is 77.3 Å². The molecule has 122 heavy (non-hydrogen) atoms. The topological polar surface area (TPSA) is 395 Å². The van der Waals surface area contributed by atoms with Crippen molar-refractivity contribution in [2.75, 3.05) is 62.5 Å². The summed E-state index contributed by atoms with van der Waals surface area (Å²) in [6, 6.07) is 22.6. The van der Waals surface area contributed by atoms with Gasteiger partial charge < -0.3 is 58.4 Å². The van der Waals surface area contributed by atoms with E-state index in [2.05, 4.69) is 24.5 Å². The quantitative estimate of drug-likeness (QED) is 0.0157. The van der Waals surface area contributed by atoms with Crippen molar-refractivity contribution in [3.63, 3.8) is 0 Å². The first kappa shape index (κ1) is 93.6. The number of carbonyl (C=O) groups is 12. The molecule has 3 fully saturated rings. The van der Waals surface area contributed by atoms with E-state index in [1.165, 1.54) is 38.5 Å². The first-order valence-electron chi connectivity index (χ1n) is 42.3. The van der Waals surface area contributed by atoms with Gasteiger partial charge in [0, 0.05) is 121 Å². The number of Topliss-reactive ketones (excluding diaryl/α,β-unsaturated/α-hetero) is 4. The van der Waals surface area contributed by atoms with Crippen molar-refractivity contribution in [3.8, 4) is 22.8 Å². The number of thioether (sulfide) groups is 4. The lowest BCUT2D eigenvalue weighted by Crippen LogP contribution is -2.49. The van der Waals surface area contributed by atoms with Crippen molar-refractivity contribution in [2.24, 2.45) is 35.5 Å². The molecule has 4 aliphatic heterocycles. The van der Waals surface area contributed by atoms with Gasteiger partial charge in [-0.2, -0.15) is 47.0 Å². The van der Waals surface area contributed by atoms with Crippen LogP contribution in [0.2, 0.25) is 0 Å². The van der Waals surface area contributed by atoms with Crippen LogP contribution < -0.4 is 21.8 Å². The molecule has 656 valence electrons. The lowest BCUT2D eigenvalue weighted by molar-refractivity contribution is -0.189. The van der Waals surface area contributed by atoms with Gasteiger partial charge in [0.15, 0.2) is 0 Å². The van der Waals surface area contributed by atoms with E-state index >= 15 is 0 Å². The summed E-state index contributed by atoms with van der Waals surface area (Å²) in [4.78, 5) is 189. The van der Waals surface area contributed by atoms with Gasteiger partial charge >= 0.3 is 35.8 Å². The number of hydrogen-bond donors (Lipinski definition) is 4. The van der Waals surface area contributed by atoms with Gasteiger partial charge in [-0.05, 0) is 113 Å². The Morgan fingerprint density at radius 1 is 0.500 bits per heavy atom. The molecule has 7 aliphatic rings. The zero-order valence-electron chi connectivity index (χ0n) is 70.4. The summed E-state index contributed by atoms with van der Waals surface area (Å²) in [5.74, 6) is -5.40. The number of carboxylic acids is 2. The second kappa shape index (κ2) is 43.0. The molecule has 2 amide bonds. The lowest BCUT2D eigenvalue weighted by Gasteiger charge is -2.37. The van der Waals surface area contributed by atoms with Gasteiger partial charge in [-0.1, -0.05) is 90.8 Å². The molecule has 8 heterocycles. The average molecular weight is 1760 g/mol. The molecule has 2 aromatic carbocycles. The molecular weight excluding hydrogens is 1650 g/mol. The van der Waals surface area contributed by atoms with Gasteiger partial charge in [-0.15, -0.1) is 0 Å². The van der Waals surface area contributed by atoms with Crippen molar-refractivity contribution >= 4 is 140 Å². The van der Waals surface area contributed by atoms with E-state index < -0.39 is 89.7 Å². The second-order valence-electron chi connectivity index (χ2n) is 32.5. The Labute approximate surface area is 725 Å². The van der Waals surface area contributed by atoms with Gasteiger partial charge in [0.05, 0.1) is 102 Å². The fourth-order valence-corrected chi connectivity index (χ4v) is 22.4. The number of rotatable bonds is 42. The number of ketones is 4. The van der Waals surface area contributed by atoms with E-state index in [1.807, 2.05) is 74.5 Å². The van der Waals surface area contributed by atoms with Crippen molar-refractivity contribution in [3.05, 3.63) is 127 Å². The number of esters is 4. The highest BCUT2D eigenvalue weighted by Gasteiger charge is 2.53. The van der Waals surface area contributed by atoms with Crippen LogP contribution in [0.3, 0.4) is 0 Å². The van der Waals surface area contributed by atoms with Crippen LogP contribution in [0.25, 0.3) is 44.6 Å². The third-order valence-corrected chi connectivity index (χ3v) is 30.9. The van der Waals surface area contributed by atoms with Crippen LogP contribution >= 0.6 is 47.0 Å². The molecule has 32 heteroatoms. The molecule has 0 saturated heterocycles. The summed E-state index contributed by atoms with van der Waals surface area (Å²) in [5, 5.41) is 27.2. The number of benzene rings is 2. The van der Waals surface area contributed by atoms with Crippen LogP contribution in [-0.4, -0.2) is 184 Å². The number of aromatic nitrogens is 4. The Morgan fingerprint density at radius 2 is 0.869 bits per heavy atom. The third kappa shape index (κ3) is 22.5. The zero-order valence-corrected chi connectivity index (χ0v) is 73.7. The van der Waals surface area contributed by atoms with Crippen molar-refractivity contribution in [1.82, 2.24) is 29.7 Å². The molecule has 0 spiro atoms. The highest BCUT2D eigenvalue weighted by Crippen LogP contribution is 2.46. The predicted octanol–water partition coefficient (Wildman–Crippen LogP) is 11.7. The monoisotopic (exact) mass is 1750 g/mol.